The minimum atomic E-state index is 0.252. The molecule has 0 spiro atoms. The minimum Gasteiger partial charge on any atom is -0.497 e. The zero-order valence-corrected chi connectivity index (χ0v) is 10.5. The van der Waals surface area contributed by atoms with E-state index >= 15 is 0 Å². The second-order valence-corrected chi connectivity index (χ2v) is 4.16. The van der Waals surface area contributed by atoms with Crippen molar-refractivity contribution in [3.8, 4) is 5.75 Å². The number of benzene rings is 1. The Morgan fingerprint density at radius 1 is 1.17 bits per heavy atom. The van der Waals surface area contributed by atoms with E-state index in [4.69, 9.17) is 10.5 Å². The molecule has 0 aliphatic rings. The first-order chi connectivity index (χ1) is 8.85. The van der Waals surface area contributed by atoms with E-state index in [0.29, 0.717) is 6.54 Å². The van der Waals surface area contributed by atoms with Gasteiger partial charge in [-0.25, -0.2) is 0 Å². The molecule has 0 fully saturated rings. The Morgan fingerprint density at radius 3 is 2.50 bits per heavy atom. The van der Waals surface area contributed by atoms with E-state index in [-0.39, 0.29) is 5.92 Å². The van der Waals surface area contributed by atoms with Gasteiger partial charge in [-0.2, -0.15) is 0 Å². The molecule has 3 nitrogen and oxygen atoms in total. The van der Waals surface area contributed by atoms with Crippen LogP contribution >= 0.6 is 0 Å². The predicted octanol–water partition coefficient (Wildman–Crippen LogP) is 2.57. The fourth-order valence-corrected chi connectivity index (χ4v) is 2.07. The summed E-state index contributed by atoms with van der Waals surface area (Å²) in [5.74, 6) is 1.12. The zero-order valence-electron chi connectivity index (χ0n) is 10.5. The molecule has 1 heterocycles. The Hall–Kier alpha value is -1.87. The van der Waals surface area contributed by atoms with Crippen LogP contribution in [-0.4, -0.2) is 18.6 Å². The van der Waals surface area contributed by atoms with Crippen LogP contribution in [0.5, 0.6) is 5.75 Å². The van der Waals surface area contributed by atoms with Crippen molar-refractivity contribution < 1.29 is 4.74 Å². The lowest BCUT2D eigenvalue weighted by molar-refractivity contribution is 0.414. The van der Waals surface area contributed by atoms with Crippen molar-refractivity contribution in [3.63, 3.8) is 0 Å². The molecule has 0 amide bonds. The summed E-state index contributed by atoms with van der Waals surface area (Å²) in [6.07, 6.45) is 2.71. The molecule has 0 saturated heterocycles. The van der Waals surface area contributed by atoms with Gasteiger partial charge in [0.25, 0.3) is 0 Å². The second kappa shape index (κ2) is 6.17. The summed E-state index contributed by atoms with van der Waals surface area (Å²) in [6.45, 7) is 0.646. The van der Waals surface area contributed by atoms with E-state index in [1.54, 1.807) is 7.11 Å². The number of hydrogen-bond acceptors (Lipinski definition) is 3. The Bertz CT molecular complexity index is 468. The van der Waals surface area contributed by atoms with Gasteiger partial charge in [0.05, 0.1) is 7.11 Å². The Kier molecular flexibility index (Phi) is 4.31. The molecule has 0 radical (unpaired) electrons. The van der Waals surface area contributed by atoms with Crippen LogP contribution in [0, 0.1) is 0 Å². The van der Waals surface area contributed by atoms with Crippen molar-refractivity contribution in [2.24, 2.45) is 5.73 Å². The van der Waals surface area contributed by atoms with Crippen molar-refractivity contribution in [2.75, 3.05) is 13.7 Å². The van der Waals surface area contributed by atoms with Gasteiger partial charge in [0.1, 0.15) is 5.75 Å². The lowest BCUT2D eigenvalue weighted by Gasteiger charge is -2.16. The van der Waals surface area contributed by atoms with Crippen LogP contribution in [0.2, 0.25) is 0 Å². The first kappa shape index (κ1) is 12.6. The fourth-order valence-electron chi connectivity index (χ4n) is 2.07. The van der Waals surface area contributed by atoms with Gasteiger partial charge in [-0.05, 0) is 42.8 Å². The topological polar surface area (TPSA) is 48.1 Å². The van der Waals surface area contributed by atoms with E-state index < -0.39 is 0 Å². The molecular weight excluding hydrogens is 224 g/mol. The second-order valence-electron chi connectivity index (χ2n) is 4.16. The highest BCUT2D eigenvalue weighted by atomic mass is 16.5. The van der Waals surface area contributed by atoms with E-state index in [9.17, 15) is 0 Å². The van der Waals surface area contributed by atoms with Crippen molar-refractivity contribution in [2.45, 2.75) is 12.3 Å². The van der Waals surface area contributed by atoms with Crippen molar-refractivity contribution >= 4 is 0 Å². The molecule has 0 aliphatic heterocycles. The smallest absolute Gasteiger partial charge is 0.118 e. The summed E-state index contributed by atoms with van der Waals surface area (Å²) in [5, 5.41) is 0. The van der Waals surface area contributed by atoms with Crippen molar-refractivity contribution in [1.29, 1.82) is 0 Å². The van der Waals surface area contributed by atoms with Crippen LogP contribution < -0.4 is 10.5 Å². The Labute approximate surface area is 108 Å². The SMILES string of the molecule is COc1ccc(C(CCN)c2ccccn2)cc1. The number of rotatable bonds is 5. The quantitative estimate of drug-likeness (QED) is 0.876. The molecule has 1 unspecified atom stereocenters. The summed E-state index contributed by atoms with van der Waals surface area (Å²) < 4.78 is 5.17. The van der Waals surface area contributed by atoms with E-state index in [1.165, 1.54) is 5.56 Å². The molecule has 2 aromatic rings. The maximum Gasteiger partial charge on any atom is 0.118 e. The predicted molar refractivity (Wildman–Crippen MR) is 72.7 cm³/mol. The minimum absolute atomic E-state index is 0.252. The summed E-state index contributed by atoms with van der Waals surface area (Å²) in [7, 11) is 1.67. The fraction of sp³-hybridized carbons (Fsp3) is 0.267. The molecule has 1 aromatic heterocycles. The normalized spacial score (nSPS) is 12.1. The maximum absolute atomic E-state index is 5.71. The first-order valence-electron chi connectivity index (χ1n) is 6.10. The first-order valence-corrected chi connectivity index (χ1v) is 6.10. The number of pyridine rings is 1. The largest absolute Gasteiger partial charge is 0.497 e. The van der Waals surface area contributed by atoms with Gasteiger partial charge in [-0.3, -0.25) is 4.98 Å². The molecule has 3 heteroatoms. The average Bonchev–Trinajstić information content (AvgIpc) is 2.46. The van der Waals surface area contributed by atoms with Crippen LogP contribution in [0.25, 0.3) is 0 Å². The molecule has 2 N–H and O–H groups in total. The lowest BCUT2D eigenvalue weighted by atomic mass is 9.92. The number of aromatic nitrogens is 1. The highest BCUT2D eigenvalue weighted by molar-refractivity contribution is 5.33. The van der Waals surface area contributed by atoms with Gasteiger partial charge in [-0.15, -0.1) is 0 Å². The Morgan fingerprint density at radius 2 is 1.94 bits per heavy atom. The third-order valence-electron chi connectivity index (χ3n) is 3.02. The molecule has 0 aliphatic carbocycles. The molecule has 1 atom stereocenters. The maximum atomic E-state index is 5.71. The number of nitrogens with zero attached hydrogens (tertiary/aromatic N) is 1. The molecule has 0 saturated carbocycles. The van der Waals surface area contributed by atoms with Gasteiger partial charge in [-0.1, -0.05) is 18.2 Å². The van der Waals surface area contributed by atoms with Crippen LogP contribution in [0.15, 0.2) is 48.7 Å². The highest BCUT2D eigenvalue weighted by Crippen LogP contribution is 2.27. The molecule has 18 heavy (non-hydrogen) atoms. The summed E-state index contributed by atoms with van der Waals surface area (Å²) in [4.78, 5) is 4.43. The molecule has 1 aromatic carbocycles. The third kappa shape index (κ3) is 2.87. The van der Waals surface area contributed by atoms with E-state index in [0.717, 1.165) is 17.9 Å². The van der Waals surface area contributed by atoms with Crippen LogP contribution in [0.1, 0.15) is 23.6 Å². The monoisotopic (exact) mass is 242 g/mol. The lowest BCUT2D eigenvalue weighted by Crippen LogP contribution is -2.10. The number of ether oxygens (including phenoxy) is 1. The van der Waals surface area contributed by atoms with Gasteiger partial charge in [0, 0.05) is 17.8 Å². The van der Waals surface area contributed by atoms with Gasteiger partial charge >= 0.3 is 0 Å². The summed E-state index contributed by atoms with van der Waals surface area (Å²) >= 11 is 0. The van der Waals surface area contributed by atoms with Crippen molar-refractivity contribution in [3.05, 3.63) is 59.9 Å². The van der Waals surface area contributed by atoms with Crippen LogP contribution in [0.3, 0.4) is 0 Å². The van der Waals surface area contributed by atoms with Crippen molar-refractivity contribution in [1.82, 2.24) is 4.98 Å². The van der Waals surface area contributed by atoms with Gasteiger partial charge < -0.3 is 10.5 Å². The Balaban J connectivity index is 2.29. The summed E-state index contributed by atoms with van der Waals surface area (Å²) in [6, 6.07) is 14.1. The van der Waals surface area contributed by atoms with Crippen LogP contribution in [-0.2, 0) is 0 Å². The number of hydrogen-bond donors (Lipinski definition) is 1. The zero-order chi connectivity index (χ0) is 12.8. The highest BCUT2D eigenvalue weighted by Gasteiger charge is 2.14. The third-order valence-corrected chi connectivity index (χ3v) is 3.02. The molecular formula is C15H18N2O. The van der Waals surface area contributed by atoms with E-state index in [2.05, 4.69) is 17.1 Å². The van der Waals surface area contributed by atoms with E-state index in [1.807, 2.05) is 36.5 Å². The van der Waals surface area contributed by atoms with Gasteiger partial charge in [0.2, 0.25) is 0 Å². The average molecular weight is 242 g/mol. The number of methoxy groups -OCH3 is 1. The van der Waals surface area contributed by atoms with Gasteiger partial charge in [0.15, 0.2) is 0 Å². The number of nitrogens with two attached hydrogens (primary N) is 1. The summed E-state index contributed by atoms with van der Waals surface area (Å²) in [5.41, 5.74) is 7.99. The van der Waals surface area contributed by atoms with Crippen LogP contribution in [0.4, 0.5) is 0 Å². The standard InChI is InChI=1S/C15H18N2O/c1-18-13-7-5-12(6-8-13)14(9-10-16)15-4-2-3-11-17-15/h2-8,11,14H,9-10,16H2,1H3. The molecule has 0 bridgehead atoms. The molecule has 2 rings (SSSR count). The molecule has 94 valence electrons.